The average molecular weight is 423 g/mol. The molecule has 0 spiro atoms. The van der Waals surface area contributed by atoms with Gasteiger partial charge in [0.1, 0.15) is 5.60 Å². The summed E-state index contributed by atoms with van der Waals surface area (Å²) in [6.45, 7) is 2.32. The van der Waals surface area contributed by atoms with E-state index in [1.54, 1.807) is 0 Å². The van der Waals surface area contributed by atoms with Crippen LogP contribution in [0, 0.1) is 6.92 Å². The lowest BCUT2D eigenvalue weighted by Gasteiger charge is -2.15. The van der Waals surface area contributed by atoms with Gasteiger partial charge < -0.3 is 9.57 Å². The Labute approximate surface area is 149 Å². The number of sulfone groups is 1. The van der Waals surface area contributed by atoms with E-state index in [1.807, 2.05) is 0 Å². The molecule has 7 nitrogen and oxygen atoms in total. The predicted octanol–water partition coefficient (Wildman–Crippen LogP) is 3.21. The van der Waals surface area contributed by atoms with E-state index >= 15 is 0 Å². The van der Waals surface area contributed by atoms with E-state index in [1.165, 1.54) is 13.8 Å². The van der Waals surface area contributed by atoms with Crippen LogP contribution in [-0.4, -0.2) is 41.9 Å². The van der Waals surface area contributed by atoms with Crippen molar-refractivity contribution < 1.29 is 44.3 Å². The fourth-order valence-electron chi connectivity index (χ4n) is 2.26. The fourth-order valence-corrected chi connectivity index (χ4v) is 3.77. The van der Waals surface area contributed by atoms with Gasteiger partial charge in [0.05, 0.1) is 11.3 Å². The number of ether oxygens (including phenoxy) is 1. The minimum atomic E-state index is -5.25. The molecule has 0 aliphatic carbocycles. The second kappa shape index (κ2) is 6.87. The number of halogens is 6. The lowest BCUT2D eigenvalue weighted by molar-refractivity contribution is -0.215. The van der Waals surface area contributed by atoms with Gasteiger partial charge >= 0.3 is 6.30 Å². The normalized spacial score (nSPS) is 18.4. The summed E-state index contributed by atoms with van der Waals surface area (Å²) < 4.78 is 107. The van der Waals surface area contributed by atoms with E-state index in [-0.39, 0.29) is 6.42 Å². The molecule has 1 aliphatic rings. The molecule has 1 aromatic rings. The number of hydrogen-bond donors (Lipinski definition) is 0. The van der Waals surface area contributed by atoms with Crippen molar-refractivity contribution >= 4 is 14.9 Å². The molecule has 1 unspecified atom stereocenters. The first-order valence-electron chi connectivity index (χ1n) is 7.37. The molecule has 0 bridgehead atoms. The van der Waals surface area contributed by atoms with Crippen molar-refractivity contribution in [3.63, 3.8) is 0 Å². The average Bonchev–Trinajstić information content (AvgIpc) is 3.04. The smallest absolute Gasteiger partial charge is 0.471 e. The number of aryl methyl sites for hydroxylation is 1. The van der Waals surface area contributed by atoms with Crippen molar-refractivity contribution in [2.45, 2.75) is 51.0 Å². The van der Waals surface area contributed by atoms with Gasteiger partial charge in [-0.1, -0.05) is 5.16 Å². The molecule has 0 amide bonds. The van der Waals surface area contributed by atoms with Crippen LogP contribution in [0.3, 0.4) is 0 Å². The number of oxime groups is 1. The van der Waals surface area contributed by atoms with Gasteiger partial charge in [-0.2, -0.15) is 5.10 Å². The molecular weight excluding hydrogens is 408 g/mol. The summed E-state index contributed by atoms with van der Waals surface area (Å²) in [6.07, 6.45) is -8.76. The molecule has 0 saturated heterocycles. The van der Waals surface area contributed by atoms with Crippen LogP contribution in [0.25, 0.3) is 0 Å². The highest BCUT2D eigenvalue weighted by atomic mass is 32.2. The number of hydrogen-bond acceptors (Lipinski definition) is 6. The van der Waals surface area contributed by atoms with Crippen LogP contribution >= 0.6 is 0 Å². The maximum absolute atomic E-state index is 14.9. The second-order valence-electron chi connectivity index (χ2n) is 6.26. The molecule has 1 aromatic heterocycles. The Morgan fingerprint density at radius 2 is 1.89 bits per heavy atom. The van der Waals surface area contributed by atoms with Gasteiger partial charge in [0.15, 0.2) is 11.7 Å². The lowest BCUT2D eigenvalue weighted by Crippen LogP contribution is -2.25. The van der Waals surface area contributed by atoms with Crippen LogP contribution in [0.4, 0.5) is 26.3 Å². The molecule has 1 atom stereocenters. The zero-order chi connectivity index (χ0) is 20.8. The summed E-state index contributed by atoms with van der Waals surface area (Å²) >= 11 is 0. The van der Waals surface area contributed by atoms with Crippen molar-refractivity contribution in [2.75, 3.05) is 6.61 Å². The molecule has 0 radical (unpaired) electrons. The minimum absolute atomic E-state index is 0.324. The van der Waals surface area contributed by atoms with Crippen LogP contribution < -0.4 is 4.74 Å². The molecule has 154 valence electrons. The molecule has 0 saturated carbocycles. The number of rotatable bonds is 5. The zero-order valence-electron chi connectivity index (χ0n) is 14.2. The molecule has 0 N–H and O–H groups in total. The lowest BCUT2D eigenvalue weighted by atomic mass is 10.1. The molecule has 14 heteroatoms. The van der Waals surface area contributed by atoms with Crippen LogP contribution in [0.2, 0.25) is 0 Å². The monoisotopic (exact) mass is 423 g/mol. The van der Waals surface area contributed by atoms with E-state index in [2.05, 4.69) is 15.0 Å². The first-order chi connectivity index (χ1) is 12.2. The zero-order valence-corrected chi connectivity index (χ0v) is 15.0. The largest absolute Gasteiger partial charge is 0.507 e. The number of alkyl halides is 6. The highest BCUT2D eigenvalue weighted by Gasteiger charge is 2.46. The molecular formula is C13H15F6N3O4S. The maximum atomic E-state index is 14.9. The summed E-state index contributed by atoms with van der Waals surface area (Å²) in [7, 11) is -4.91. The molecule has 2 rings (SSSR count). The van der Waals surface area contributed by atoms with E-state index in [4.69, 9.17) is 4.84 Å². The number of nitrogens with zero attached hydrogens (tertiary/aromatic N) is 3. The Balaban J connectivity index is 2.52. The minimum Gasteiger partial charge on any atom is -0.471 e. The summed E-state index contributed by atoms with van der Waals surface area (Å²) in [4.78, 5) is 4.84. The van der Waals surface area contributed by atoms with Crippen molar-refractivity contribution in [1.82, 2.24) is 9.78 Å². The third kappa shape index (κ3) is 4.30. The SMILES string of the molecule is Cc1nn(C(F)(F)F)c(OCC(F)F)c1C(F)S(=O)(=O)C1=NOC(C)(C)C1. The molecule has 1 aliphatic heterocycles. The second-order valence-corrected chi connectivity index (χ2v) is 8.23. The summed E-state index contributed by atoms with van der Waals surface area (Å²) in [5, 5.41) is 5.55. The summed E-state index contributed by atoms with van der Waals surface area (Å²) in [5.41, 5.74) is -5.94. The van der Waals surface area contributed by atoms with Gasteiger partial charge in [-0.15, -0.1) is 17.9 Å². The highest BCUT2D eigenvalue weighted by molar-refractivity contribution is 8.06. The predicted molar refractivity (Wildman–Crippen MR) is 79.7 cm³/mol. The van der Waals surface area contributed by atoms with E-state index in [0.717, 1.165) is 6.92 Å². The van der Waals surface area contributed by atoms with E-state index in [0.29, 0.717) is 0 Å². The van der Waals surface area contributed by atoms with Gasteiger partial charge in [-0.25, -0.2) is 21.6 Å². The van der Waals surface area contributed by atoms with E-state index in [9.17, 15) is 34.8 Å². The maximum Gasteiger partial charge on any atom is 0.507 e. The van der Waals surface area contributed by atoms with Crippen molar-refractivity contribution in [2.24, 2.45) is 5.16 Å². The van der Waals surface area contributed by atoms with Crippen molar-refractivity contribution in [1.29, 1.82) is 0 Å². The third-order valence-electron chi connectivity index (χ3n) is 3.45. The summed E-state index contributed by atoms with van der Waals surface area (Å²) in [6, 6.07) is 0. The quantitative estimate of drug-likeness (QED) is 0.680. The van der Waals surface area contributed by atoms with E-state index < -0.39 is 67.1 Å². The Morgan fingerprint density at radius 1 is 1.30 bits per heavy atom. The highest BCUT2D eigenvalue weighted by Crippen LogP contribution is 2.41. The van der Waals surface area contributed by atoms with Crippen LogP contribution in [-0.2, 0) is 21.0 Å². The topological polar surface area (TPSA) is 82.8 Å². The molecule has 0 fully saturated rings. The molecule has 2 heterocycles. The summed E-state index contributed by atoms with van der Waals surface area (Å²) in [5.74, 6) is -1.46. The van der Waals surface area contributed by atoms with Gasteiger partial charge in [0.25, 0.3) is 6.43 Å². The van der Waals surface area contributed by atoms with Crippen molar-refractivity contribution in [3.8, 4) is 5.88 Å². The van der Waals surface area contributed by atoms with Gasteiger partial charge in [-0.05, 0) is 20.8 Å². The fraction of sp³-hybridized carbons (Fsp3) is 0.692. The van der Waals surface area contributed by atoms with Gasteiger partial charge in [0, 0.05) is 6.42 Å². The number of aromatic nitrogens is 2. The first kappa shape index (κ1) is 21.3. The van der Waals surface area contributed by atoms with Crippen LogP contribution in [0.15, 0.2) is 5.16 Å². The molecule has 0 aromatic carbocycles. The third-order valence-corrected chi connectivity index (χ3v) is 5.10. The first-order valence-corrected chi connectivity index (χ1v) is 8.92. The Hall–Kier alpha value is -1.99. The van der Waals surface area contributed by atoms with Crippen LogP contribution in [0.1, 0.15) is 37.0 Å². The standard InChI is InChI=1S/C13H15F6N3O4S/c1-6-9(10(16)27(23,24)8-4-12(2,3)26-21-8)11(25-5-7(14)15)22(20-6)13(17,18)19/h7,10H,4-5H2,1-3H3. The molecule has 27 heavy (non-hydrogen) atoms. The Kier molecular flexibility index (Phi) is 5.42. The van der Waals surface area contributed by atoms with Crippen LogP contribution in [0.5, 0.6) is 5.88 Å². The Bertz CT molecular complexity index is 847. The van der Waals surface area contributed by atoms with Gasteiger partial charge in [-0.3, -0.25) is 0 Å². The Morgan fingerprint density at radius 3 is 2.33 bits per heavy atom. The van der Waals surface area contributed by atoms with Gasteiger partial charge in [0.2, 0.25) is 21.2 Å². The van der Waals surface area contributed by atoms with Crippen molar-refractivity contribution in [3.05, 3.63) is 11.3 Å².